The van der Waals surface area contributed by atoms with Gasteiger partial charge in [0.25, 0.3) is 0 Å². The second-order valence-corrected chi connectivity index (χ2v) is 4.41. The highest BCUT2D eigenvalue weighted by Crippen LogP contribution is 2.38. The van der Waals surface area contributed by atoms with Crippen LogP contribution < -0.4 is 4.74 Å². The molecule has 0 saturated carbocycles. The summed E-state index contributed by atoms with van der Waals surface area (Å²) < 4.78 is 43.7. The molecule has 20 heavy (non-hydrogen) atoms. The lowest BCUT2D eigenvalue weighted by Gasteiger charge is -2.14. The Morgan fingerprint density at radius 2 is 1.80 bits per heavy atom. The van der Waals surface area contributed by atoms with Crippen LogP contribution in [0, 0.1) is 0 Å². The zero-order valence-corrected chi connectivity index (χ0v) is 10.9. The average molecular weight is 303 g/mol. The minimum Gasteiger partial charge on any atom is -0.457 e. The molecule has 0 amide bonds. The summed E-state index contributed by atoms with van der Waals surface area (Å²) in [6.45, 7) is -0.252. The predicted molar refractivity (Wildman–Crippen MR) is 68.9 cm³/mol. The minimum atomic E-state index is -4.49. The molecule has 0 aliphatic rings. The van der Waals surface area contributed by atoms with Crippen LogP contribution in [0.2, 0.25) is 5.02 Å². The van der Waals surface area contributed by atoms with E-state index in [1.54, 1.807) is 0 Å². The first kappa shape index (κ1) is 14.7. The molecule has 2 aromatic rings. The summed E-state index contributed by atoms with van der Waals surface area (Å²) in [5.74, 6) is -0.128. The van der Waals surface area contributed by atoms with E-state index in [0.29, 0.717) is 5.56 Å². The van der Waals surface area contributed by atoms with Gasteiger partial charge in [0.15, 0.2) is 0 Å². The smallest absolute Gasteiger partial charge is 0.419 e. The maximum atomic E-state index is 12.8. The molecule has 0 heterocycles. The topological polar surface area (TPSA) is 29.5 Å². The standard InChI is InChI=1S/C14H10ClF3O2/c15-12-7-10(6-5-9(12)8-19)20-13-4-2-1-3-11(13)14(16,17)18/h1-7,19H,8H2. The maximum absolute atomic E-state index is 12.8. The van der Waals surface area contributed by atoms with Gasteiger partial charge in [-0.05, 0) is 29.8 Å². The molecule has 0 radical (unpaired) electrons. The molecule has 2 rings (SSSR count). The van der Waals surface area contributed by atoms with E-state index < -0.39 is 11.7 Å². The predicted octanol–water partition coefficient (Wildman–Crippen LogP) is 4.64. The molecule has 2 nitrogen and oxygen atoms in total. The van der Waals surface area contributed by atoms with Gasteiger partial charge in [0.05, 0.1) is 12.2 Å². The summed E-state index contributed by atoms with van der Waals surface area (Å²) in [4.78, 5) is 0. The van der Waals surface area contributed by atoms with Crippen molar-refractivity contribution in [3.05, 3.63) is 58.6 Å². The van der Waals surface area contributed by atoms with Crippen LogP contribution in [-0.4, -0.2) is 5.11 Å². The summed E-state index contributed by atoms with van der Waals surface area (Å²) in [6, 6.07) is 9.22. The van der Waals surface area contributed by atoms with Gasteiger partial charge in [0.2, 0.25) is 0 Å². The highest BCUT2D eigenvalue weighted by molar-refractivity contribution is 6.31. The molecule has 0 atom stereocenters. The molecule has 2 aromatic carbocycles. The Bertz CT molecular complexity index is 612. The van der Waals surface area contributed by atoms with Crippen LogP contribution in [0.4, 0.5) is 13.2 Å². The Balaban J connectivity index is 2.33. The normalized spacial score (nSPS) is 11.4. The number of hydrogen-bond acceptors (Lipinski definition) is 2. The molecule has 0 aliphatic heterocycles. The van der Waals surface area contributed by atoms with Crippen LogP contribution in [0.25, 0.3) is 0 Å². The molecule has 0 aromatic heterocycles. The van der Waals surface area contributed by atoms with E-state index in [9.17, 15) is 13.2 Å². The Hall–Kier alpha value is -1.72. The number of alkyl halides is 3. The first-order chi connectivity index (χ1) is 9.41. The molecule has 0 bridgehead atoms. The highest BCUT2D eigenvalue weighted by atomic mass is 35.5. The lowest BCUT2D eigenvalue weighted by atomic mass is 10.2. The van der Waals surface area contributed by atoms with Gasteiger partial charge in [-0.25, -0.2) is 0 Å². The van der Waals surface area contributed by atoms with Gasteiger partial charge in [-0.15, -0.1) is 0 Å². The van der Waals surface area contributed by atoms with Crippen LogP contribution in [0.3, 0.4) is 0 Å². The number of ether oxygens (including phenoxy) is 1. The van der Waals surface area contributed by atoms with Crippen molar-refractivity contribution in [2.75, 3.05) is 0 Å². The number of rotatable bonds is 3. The van der Waals surface area contributed by atoms with Crippen molar-refractivity contribution < 1.29 is 23.0 Å². The second-order valence-electron chi connectivity index (χ2n) is 4.01. The van der Waals surface area contributed by atoms with Gasteiger partial charge in [0.1, 0.15) is 11.5 Å². The first-order valence-corrected chi connectivity index (χ1v) is 6.03. The van der Waals surface area contributed by atoms with E-state index >= 15 is 0 Å². The van der Waals surface area contributed by atoms with Crippen LogP contribution in [0.15, 0.2) is 42.5 Å². The van der Waals surface area contributed by atoms with E-state index in [4.69, 9.17) is 21.4 Å². The van der Waals surface area contributed by atoms with Crippen molar-refractivity contribution in [2.45, 2.75) is 12.8 Å². The van der Waals surface area contributed by atoms with Gasteiger partial charge in [0, 0.05) is 5.02 Å². The SMILES string of the molecule is OCc1ccc(Oc2ccccc2C(F)(F)F)cc1Cl. The minimum absolute atomic E-state index is 0.170. The van der Waals surface area contributed by atoms with E-state index in [0.717, 1.165) is 6.07 Å². The molecule has 6 heteroatoms. The lowest BCUT2D eigenvalue weighted by molar-refractivity contribution is -0.138. The average Bonchev–Trinajstić information content (AvgIpc) is 2.38. The first-order valence-electron chi connectivity index (χ1n) is 5.65. The third-order valence-corrected chi connectivity index (χ3v) is 2.97. The largest absolute Gasteiger partial charge is 0.457 e. The van der Waals surface area contributed by atoms with E-state index in [1.807, 2.05) is 0 Å². The number of aliphatic hydroxyl groups is 1. The van der Waals surface area contributed by atoms with Crippen LogP contribution in [-0.2, 0) is 12.8 Å². The molecule has 0 saturated heterocycles. The van der Waals surface area contributed by atoms with Crippen molar-refractivity contribution in [2.24, 2.45) is 0 Å². The second kappa shape index (κ2) is 5.73. The Labute approximate surface area is 118 Å². The van der Waals surface area contributed by atoms with Crippen molar-refractivity contribution >= 4 is 11.6 Å². The van der Waals surface area contributed by atoms with Crippen molar-refractivity contribution in [3.63, 3.8) is 0 Å². The zero-order chi connectivity index (χ0) is 14.8. The summed E-state index contributed by atoms with van der Waals surface area (Å²) >= 11 is 5.86. The number of halogens is 4. The highest BCUT2D eigenvalue weighted by Gasteiger charge is 2.34. The van der Waals surface area contributed by atoms with Gasteiger partial charge in [-0.3, -0.25) is 0 Å². The number of aliphatic hydroxyl groups excluding tert-OH is 1. The fourth-order valence-corrected chi connectivity index (χ4v) is 1.87. The van der Waals surface area contributed by atoms with Crippen molar-refractivity contribution in [1.82, 2.24) is 0 Å². The van der Waals surface area contributed by atoms with Crippen LogP contribution >= 0.6 is 11.6 Å². The summed E-state index contributed by atoms with van der Waals surface area (Å²) in [6.07, 6.45) is -4.49. The Morgan fingerprint density at radius 3 is 2.40 bits per heavy atom. The Morgan fingerprint density at radius 1 is 1.10 bits per heavy atom. The maximum Gasteiger partial charge on any atom is 0.419 e. The summed E-state index contributed by atoms with van der Waals surface area (Å²) in [5, 5.41) is 9.21. The summed E-state index contributed by atoms with van der Waals surface area (Å²) in [5.41, 5.74) is -0.384. The molecule has 1 N–H and O–H groups in total. The monoisotopic (exact) mass is 302 g/mol. The van der Waals surface area contributed by atoms with Gasteiger partial charge < -0.3 is 9.84 Å². The van der Waals surface area contributed by atoms with Crippen LogP contribution in [0.1, 0.15) is 11.1 Å². The Kier molecular flexibility index (Phi) is 4.20. The van der Waals surface area contributed by atoms with Crippen LogP contribution in [0.5, 0.6) is 11.5 Å². The fraction of sp³-hybridized carbons (Fsp3) is 0.143. The van der Waals surface area contributed by atoms with E-state index in [-0.39, 0.29) is 23.1 Å². The quantitative estimate of drug-likeness (QED) is 0.894. The number of benzene rings is 2. The summed E-state index contributed by atoms with van der Waals surface area (Å²) in [7, 11) is 0. The zero-order valence-electron chi connectivity index (χ0n) is 10.1. The number of hydrogen-bond donors (Lipinski definition) is 1. The molecule has 0 fully saturated rings. The lowest BCUT2D eigenvalue weighted by Crippen LogP contribution is -2.06. The number of para-hydroxylation sites is 1. The van der Waals surface area contributed by atoms with Gasteiger partial charge >= 0.3 is 6.18 Å². The molecule has 0 aliphatic carbocycles. The molecule has 106 valence electrons. The van der Waals surface area contributed by atoms with E-state index in [1.165, 1.54) is 36.4 Å². The van der Waals surface area contributed by atoms with Crippen molar-refractivity contribution in [3.8, 4) is 11.5 Å². The van der Waals surface area contributed by atoms with E-state index in [2.05, 4.69) is 0 Å². The van der Waals surface area contributed by atoms with Gasteiger partial charge in [-0.1, -0.05) is 29.8 Å². The van der Waals surface area contributed by atoms with Gasteiger partial charge in [-0.2, -0.15) is 13.2 Å². The molecular weight excluding hydrogens is 293 g/mol. The molecule has 0 spiro atoms. The molecular formula is C14H10ClF3O2. The third-order valence-electron chi connectivity index (χ3n) is 2.62. The third kappa shape index (κ3) is 3.23. The fourth-order valence-electron chi connectivity index (χ4n) is 1.64. The van der Waals surface area contributed by atoms with Crippen molar-refractivity contribution in [1.29, 1.82) is 0 Å². The molecule has 0 unspecified atom stereocenters.